The minimum atomic E-state index is -1.25. The van der Waals surface area contributed by atoms with E-state index in [0.717, 1.165) is 42.6 Å². The van der Waals surface area contributed by atoms with Crippen LogP contribution < -0.4 is 49.9 Å². The van der Waals surface area contributed by atoms with Gasteiger partial charge in [0.15, 0.2) is 5.96 Å². The van der Waals surface area contributed by atoms with E-state index in [1.807, 2.05) is 44.2 Å². The van der Waals surface area contributed by atoms with Gasteiger partial charge in [-0.1, -0.05) is 76.3 Å². The maximum absolute atomic E-state index is 13.9. The Morgan fingerprint density at radius 3 is 1.86 bits per heavy atom. The lowest BCUT2D eigenvalue weighted by Crippen LogP contribution is -2.57. The summed E-state index contributed by atoms with van der Waals surface area (Å²) in [5.74, 6) is -5.38. The molecule has 0 saturated heterocycles. The third kappa shape index (κ3) is 19.6. The van der Waals surface area contributed by atoms with Gasteiger partial charge in [0, 0.05) is 20.6 Å². The van der Waals surface area contributed by atoms with Crippen molar-refractivity contribution in [3.05, 3.63) is 35.9 Å². The summed E-state index contributed by atoms with van der Waals surface area (Å²) in [7, 11) is 2.80. The van der Waals surface area contributed by atoms with Gasteiger partial charge >= 0.3 is 0 Å². The highest BCUT2D eigenvalue weighted by molar-refractivity contribution is 6.41. The Bertz CT molecular complexity index is 1790. The van der Waals surface area contributed by atoms with Gasteiger partial charge in [0.1, 0.15) is 24.2 Å². The Morgan fingerprint density at radius 2 is 1.27 bits per heavy atom. The van der Waals surface area contributed by atoms with Crippen LogP contribution >= 0.6 is 0 Å². The number of hydrogen-bond acceptors (Lipinski definition) is 12. The van der Waals surface area contributed by atoms with Crippen LogP contribution in [0.3, 0.4) is 0 Å². The molecule has 1 aliphatic rings. The molecule has 1 fully saturated rings. The molecule has 6 amide bonds. The van der Waals surface area contributed by atoms with Gasteiger partial charge in [-0.25, -0.2) is 0 Å². The molecule has 0 unspecified atom stereocenters. The Kier molecular flexibility index (Phi) is 25.1. The molecular weight excluding hydrogens is 849 g/mol. The Morgan fingerprint density at radius 1 is 0.697 bits per heavy atom. The average Bonchev–Trinajstić information content (AvgIpc) is 3.29. The molecule has 0 heterocycles. The van der Waals surface area contributed by atoms with Crippen LogP contribution in [0.15, 0.2) is 35.3 Å². The van der Waals surface area contributed by atoms with Crippen molar-refractivity contribution in [2.45, 2.75) is 153 Å². The largest absolute Gasteiger partial charge is 0.370 e. The van der Waals surface area contributed by atoms with Crippen LogP contribution in [0.2, 0.25) is 0 Å². The van der Waals surface area contributed by atoms with E-state index in [4.69, 9.17) is 28.7 Å². The maximum atomic E-state index is 13.9. The molecule has 1 saturated carbocycles. The number of ketones is 2. The number of benzene rings is 1. The number of nitrogens with zero attached hydrogens (tertiary/aromatic N) is 3. The summed E-state index contributed by atoms with van der Waals surface area (Å²) in [6.07, 6.45) is 7.57. The lowest BCUT2D eigenvalue weighted by Gasteiger charge is -2.31. The number of likely N-dealkylation sites (N-methyl/N-ethyl adjacent to an activating group) is 2. The second kappa shape index (κ2) is 29.2. The number of rotatable bonds is 29. The molecule has 7 atom stereocenters. The first-order valence-electron chi connectivity index (χ1n) is 23.3. The molecule has 2 rings (SSSR count). The zero-order valence-corrected chi connectivity index (χ0v) is 39.9. The second-order valence-electron chi connectivity index (χ2n) is 17.9. The zero-order valence-electron chi connectivity index (χ0n) is 39.9. The standard InChI is InChI=1S/C46H78N12O8/c1-28(2)24-37(45(66)58(6)30(4)42(63)55-35(21-15-23-52-46(50)51)40(61)39(60)33(48)25-31-16-9-7-10-17-31)54-38(59)27-53-41(62)29(3)57(5)44(65)36(20-13-14-22-47)56-43(64)34(49)26-32-18-11-8-12-19-32/h8,11-12,18-19,28-31,33-37H,7,9-10,13-17,20-27,47-49H2,1-6H3,(H,53,62)(H,54,59)(H,55,63)(H,56,64)(H4,50,51,52)/t29-,30-,33-,34-,35-,36-,37-/m0/s1. The monoisotopic (exact) mass is 927 g/mol. The molecule has 20 heteroatoms. The van der Waals surface area contributed by atoms with E-state index in [2.05, 4.69) is 26.3 Å². The third-order valence-electron chi connectivity index (χ3n) is 12.0. The van der Waals surface area contributed by atoms with E-state index in [1.165, 1.54) is 32.8 Å². The first-order valence-corrected chi connectivity index (χ1v) is 23.3. The van der Waals surface area contributed by atoms with Crippen molar-refractivity contribution in [2.75, 3.05) is 33.7 Å². The van der Waals surface area contributed by atoms with Crippen LogP contribution in [0, 0.1) is 11.8 Å². The number of carbonyl (C=O) groups is 8. The predicted octanol–water partition coefficient (Wildman–Crippen LogP) is -0.515. The molecule has 0 bridgehead atoms. The Labute approximate surface area is 390 Å². The summed E-state index contributed by atoms with van der Waals surface area (Å²) in [6, 6.07) is 1.70. The number of aliphatic imine (C=N–C) groups is 1. The van der Waals surface area contributed by atoms with E-state index in [1.54, 1.807) is 0 Å². The molecule has 0 aliphatic heterocycles. The topological polar surface area (TPSA) is 334 Å². The molecule has 1 aromatic carbocycles. The molecule has 0 radical (unpaired) electrons. The first-order chi connectivity index (χ1) is 31.2. The molecular formula is C46H78N12O8. The lowest BCUT2D eigenvalue weighted by atomic mass is 9.83. The van der Waals surface area contributed by atoms with Crippen molar-refractivity contribution in [3.8, 4) is 0 Å². The number of hydrogen-bond donors (Lipinski definition) is 9. The highest BCUT2D eigenvalue weighted by atomic mass is 16.2. The van der Waals surface area contributed by atoms with Crippen molar-refractivity contribution < 1.29 is 38.4 Å². The Balaban J connectivity index is 2.09. The van der Waals surface area contributed by atoms with E-state index < -0.39 is 95.8 Å². The minimum Gasteiger partial charge on any atom is -0.370 e. The number of unbranched alkanes of at least 4 members (excludes halogenated alkanes) is 1. The molecule has 370 valence electrons. The normalized spacial score (nSPS) is 16.0. The van der Waals surface area contributed by atoms with Gasteiger partial charge in [0.05, 0.1) is 24.7 Å². The summed E-state index contributed by atoms with van der Waals surface area (Å²) >= 11 is 0. The minimum absolute atomic E-state index is 0.0315. The number of Topliss-reactive ketones (excluding diaryl/α,β-unsaturated/α-hetero) is 2. The van der Waals surface area contributed by atoms with Crippen LogP contribution in [0.4, 0.5) is 0 Å². The number of nitrogens with one attached hydrogen (secondary N) is 4. The van der Waals surface area contributed by atoms with Crippen LogP contribution in [0.1, 0.15) is 110 Å². The fourth-order valence-corrected chi connectivity index (χ4v) is 7.78. The SMILES string of the molecule is CC(C)C[C@H](NC(=O)CNC(=O)[C@H](C)N(C)C(=O)[C@H](CCCCN)NC(=O)[C@@H](N)Cc1ccccc1)C(=O)N(C)[C@@H](C)C(=O)N[C@@H](CCCN=C(N)N)C(=O)C(=O)[C@@H](N)CC1CCCCC1. The van der Waals surface area contributed by atoms with E-state index in [-0.39, 0.29) is 56.4 Å². The van der Waals surface area contributed by atoms with E-state index in [0.29, 0.717) is 25.8 Å². The molecule has 66 heavy (non-hydrogen) atoms. The van der Waals surface area contributed by atoms with Crippen LogP contribution in [-0.2, 0) is 44.8 Å². The van der Waals surface area contributed by atoms with Gasteiger partial charge in [-0.05, 0) is 89.2 Å². The second-order valence-corrected chi connectivity index (χ2v) is 17.9. The summed E-state index contributed by atoms with van der Waals surface area (Å²) < 4.78 is 0. The summed E-state index contributed by atoms with van der Waals surface area (Å²) in [6.45, 7) is 6.60. The molecule has 0 aromatic heterocycles. The smallest absolute Gasteiger partial charge is 0.245 e. The van der Waals surface area contributed by atoms with Crippen molar-refractivity contribution in [1.29, 1.82) is 0 Å². The average molecular weight is 927 g/mol. The molecule has 20 nitrogen and oxygen atoms in total. The number of amides is 6. The van der Waals surface area contributed by atoms with E-state index >= 15 is 0 Å². The van der Waals surface area contributed by atoms with Gasteiger partial charge in [-0.2, -0.15) is 0 Å². The molecule has 1 aromatic rings. The summed E-state index contributed by atoms with van der Waals surface area (Å²) in [4.78, 5) is 114. The van der Waals surface area contributed by atoms with Crippen LogP contribution in [0.5, 0.6) is 0 Å². The number of guanidine groups is 1. The first kappa shape index (κ1) is 56.7. The third-order valence-corrected chi connectivity index (χ3v) is 12.0. The van der Waals surface area contributed by atoms with Gasteiger partial charge in [0.2, 0.25) is 47.0 Å². The van der Waals surface area contributed by atoms with Crippen LogP contribution in [0.25, 0.3) is 0 Å². The lowest BCUT2D eigenvalue weighted by molar-refractivity contribution is -0.143. The maximum Gasteiger partial charge on any atom is 0.245 e. The fraction of sp³-hybridized carbons (Fsp3) is 0.674. The number of carbonyl (C=O) groups excluding carboxylic acids is 8. The van der Waals surface area contributed by atoms with Crippen molar-refractivity contribution >= 4 is 53.0 Å². The molecule has 1 aliphatic carbocycles. The summed E-state index contributed by atoms with van der Waals surface area (Å²) in [5.41, 5.74) is 29.8. The molecule has 0 spiro atoms. The molecule has 14 N–H and O–H groups in total. The van der Waals surface area contributed by atoms with Gasteiger partial charge in [-0.3, -0.25) is 43.3 Å². The van der Waals surface area contributed by atoms with Crippen molar-refractivity contribution in [2.24, 2.45) is 45.5 Å². The van der Waals surface area contributed by atoms with Crippen LogP contribution in [-0.4, -0.2) is 139 Å². The highest BCUT2D eigenvalue weighted by Crippen LogP contribution is 2.27. The van der Waals surface area contributed by atoms with Crippen molar-refractivity contribution in [1.82, 2.24) is 31.1 Å². The van der Waals surface area contributed by atoms with Gasteiger partial charge < -0.3 is 59.7 Å². The summed E-state index contributed by atoms with van der Waals surface area (Å²) in [5, 5.41) is 10.6. The van der Waals surface area contributed by atoms with Crippen molar-refractivity contribution in [3.63, 3.8) is 0 Å². The fourth-order valence-electron chi connectivity index (χ4n) is 7.78. The van der Waals surface area contributed by atoms with Gasteiger partial charge in [0.25, 0.3) is 0 Å². The Hall–Kier alpha value is -5.47. The zero-order chi connectivity index (χ0) is 49.5. The quantitative estimate of drug-likeness (QED) is 0.0212. The predicted molar refractivity (Wildman–Crippen MR) is 253 cm³/mol. The van der Waals surface area contributed by atoms with Gasteiger partial charge in [-0.15, -0.1) is 0 Å². The highest BCUT2D eigenvalue weighted by Gasteiger charge is 2.36. The van der Waals surface area contributed by atoms with E-state index in [9.17, 15) is 38.4 Å². The number of nitrogens with two attached hydrogens (primary N) is 5.